The molecule has 714 valence electrons. The Kier molecular flexibility index (Phi) is 22.0. The van der Waals surface area contributed by atoms with Crippen LogP contribution in [0.4, 0.5) is 0 Å². The molecule has 7 aliphatic rings. The van der Waals surface area contributed by atoms with Gasteiger partial charge in [-0.05, 0) is 106 Å². The smallest absolute Gasteiger partial charge is 0.229 e. The van der Waals surface area contributed by atoms with Crippen molar-refractivity contribution in [2.45, 2.75) is 140 Å². The standard InChI is InChI=1S/C96H84O41/c97-27-61-78(122)84(128)85(129)96(133-61)132-60-26-58-35(21-57(120)86(130-58)28-1-7-36(99)42(105)13-28)77(121)71(60)76-70-56(119)25-55(118)69(95(70)137-91(83(76)127)33-6-12-41(104)47(110)18-33)75-68-54(117)24-53(116)67(94(68)136-90(82(75)126)32-5-11-40(103)46(109)17-32)74-66-52(115)23-51(114)65(93(66)135-89(81(74)125)31-4-10-39(102)45(108)16-31)73-64-50(113)22-49(112)63(92(64)134-88(80(73)124)30-3-9-38(101)44(107)15-30)72-62-48(111)19-34(98)20-59(62)131-87(79(72)123)29-2-8-37(100)43(106)14-29/h1-20,22-26,57,61,72-76,78-91,96-129H,21,27H2/t57-,61-,72?,73?,74?,75?,76?,78-,79-,80-,81-,82-,83-,84+,85-,86-,87-,88-,89-,90-,91-,96?/m1/s1. The van der Waals surface area contributed by atoms with E-state index in [9.17, 15) is 169 Å². The first-order chi connectivity index (χ1) is 65.1. The molecule has 137 heavy (non-hydrogen) atoms. The number of hydrogen-bond acceptors (Lipinski definition) is 41. The predicted octanol–water partition coefficient (Wildman–Crippen LogP) is 6.26. The summed E-state index contributed by atoms with van der Waals surface area (Å²) in [6.07, 6.45) is -36.7. The van der Waals surface area contributed by atoms with Gasteiger partial charge in [-0.15, -0.1) is 0 Å². The van der Waals surface area contributed by atoms with E-state index in [1.165, 1.54) is 12.1 Å². The van der Waals surface area contributed by atoms with Gasteiger partial charge in [-0.2, -0.15) is 0 Å². The van der Waals surface area contributed by atoms with Gasteiger partial charge in [-0.1, -0.05) is 36.4 Å². The number of aromatic hydroxyl groups is 23. The number of rotatable bonds is 14. The van der Waals surface area contributed by atoms with Gasteiger partial charge in [0.1, 0.15) is 165 Å². The van der Waals surface area contributed by atoms with E-state index in [1.54, 1.807) is 0 Å². The van der Waals surface area contributed by atoms with Crippen LogP contribution in [0.25, 0.3) is 0 Å². The van der Waals surface area contributed by atoms with Crippen LogP contribution in [0.5, 0.6) is 172 Å². The maximum absolute atomic E-state index is 13.8. The average Bonchev–Trinajstić information content (AvgIpc) is 0.704. The van der Waals surface area contributed by atoms with E-state index in [1.807, 2.05) is 0 Å². The summed E-state index contributed by atoms with van der Waals surface area (Å²) in [6.45, 7) is -1.06. The molecule has 12 aromatic carbocycles. The molecule has 1 fully saturated rings. The minimum Gasteiger partial charge on any atom is -0.508 e. The van der Waals surface area contributed by atoms with Crippen molar-refractivity contribution in [3.63, 3.8) is 0 Å². The molecule has 22 atom stereocenters. The average molecular weight is 1890 g/mol. The highest BCUT2D eigenvalue weighted by Crippen LogP contribution is 2.69. The van der Waals surface area contributed by atoms with Gasteiger partial charge in [0, 0.05) is 110 Å². The zero-order valence-corrected chi connectivity index (χ0v) is 70.1. The van der Waals surface area contributed by atoms with Crippen LogP contribution in [0.15, 0.2) is 152 Å². The molecule has 19 rings (SSSR count). The summed E-state index contributed by atoms with van der Waals surface area (Å²) in [6, 6.07) is 23.2. The fourth-order valence-electron chi connectivity index (χ4n) is 20.0. The highest BCUT2D eigenvalue weighted by Gasteiger charge is 2.58. The van der Waals surface area contributed by atoms with Crippen LogP contribution >= 0.6 is 0 Å². The highest BCUT2D eigenvalue weighted by atomic mass is 16.7. The van der Waals surface area contributed by atoms with Crippen molar-refractivity contribution in [1.29, 1.82) is 0 Å². The molecule has 1 saturated heterocycles. The van der Waals surface area contributed by atoms with Gasteiger partial charge in [0.25, 0.3) is 0 Å². The van der Waals surface area contributed by atoms with E-state index < -0.39 is 375 Å². The number of phenolic OH excluding ortho intramolecular Hbond substituents is 23. The van der Waals surface area contributed by atoms with E-state index in [2.05, 4.69) is 0 Å². The minimum absolute atomic E-state index is 0.0197. The molecule has 6 unspecified atom stereocenters. The molecule has 0 aromatic heterocycles. The Labute approximate surface area is 768 Å². The van der Waals surface area contributed by atoms with Crippen LogP contribution in [-0.4, -0.2) is 242 Å². The van der Waals surface area contributed by atoms with E-state index in [0.29, 0.717) is 24.3 Å². The first-order valence-electron chi connectivity index (χ1n) is 42.1. The Hall–Kier alpha value is -15.8. The third-order valence-corrected chi connectivity index (χ3v) is 26.4. The van der Waals surface area contributed by atoms with Crippen LogP contribution in [-0.2, 0) is 11.2 Å². The third kappa shape index (κ3) is 14.5. The van der Waals surface area contributed by atoms with Gasteiger partial charge in [-0.3, -0.25) is 0 Å². The third-order valence-electron chi connectivity index (χ3n) is 26.4. The van der Waals surface area contributed by atoms with Gasteiger partial charge in [-0.25, -0.2) is 0 Å². The fraction of sp³-hybridized carbons (Fsp3) is 0.250. The van der Waals surface area contributed by atoms with Crippen molar-refractivity contribution in [2.75, 3.05) is 6.61 Å². The van der Waals surface area contributed by atoms with Crippen molar-refractivity contribution in [3.8, 4) is 172 Å². The summed E-state index contributed by atoms with van der Waals surface area (Å²) in [7, 11) is 0. The molecule has 41 nitrogen and oxygen atoms in total. The van der Waals surface area contributed by atoms with Crippen LogP contribution in [0.3, 0.4) is 0 Å². The lowest BCUT2D eigenvalue weighted by Crippen LogP contribution is -2.60. The topological polar surface area (TPSA) is 741 Å². The van der Waals surface area contributed by atoms with Crippen molar-refractivity contribution in [2.24, 2.45) is 0 Å². The number of ether oxygens (including phenoxy) is 8. The molecule has 0 saturated carbocycles. The molecule has 0 bridgehead atoms. The van der Waals surface area contributed by atoms with E-state index in [4.69, 9.17) is 37.9 Å². The van der Waals surface area contributed by atoms with Gasteiger partial charge < -0.3 is 206 Å². The molecule has 12 aromatic rings. The van der Waals surface area contributed by atoms with Gasteiger partial charge in [0.2, 0.25) is 6.29 Å². The summed E-state index contributed by atoms with van der Waals surface area (Å²) >= 11 is 0. The van der Waals surface area contributed by atoms with Crippen LogP contribution in [0.2, 0.25) is 0 Å². The zero-order valence-electron chi connectivity index (χ0n) is 70.1. The Bertz CT molecular complexity index is 6920. The first-order valence-corrected chi connectivity index (χ1v) is 42.1. The quantitative estimate of drug-likeness (QED) is 0.0534. The number of hydrogen-bond donors (Lipinski definition) is 33. The molecule has 33 N–H and O–H groups in total. The first kappa shape index (κ1) is 90.4. The van der Waals surface area contributed by atoms with Crippen molar-refractivity contribution in [1.82, 2.24) is 0 Å². The second-order valence-electron chi connectivity index (χ2n) is 34.4. The van der Waals surface area contributed by atoms with E-state index >= 15 is 0 Å². The molecular formula is C96H84O41. The molecule has 7 aliphatic heterocycles. The van der Waals surface area contributed by atoms with Crippen LogP contribution < -0.4 is 33.2 Å². The molecule has 0 aliphatic carbocycles. The zero-order chi connectivity index (χ0) is 97.6. The van der Waals surface area contributed by atoms with E-state index in [-0.39, 0.29) is 38.9 Å². The molecule has 0 radical (unpaired) electrons. The van der Waals surface area contributed by atoms with Crippen LogP contribution in [0, 0.1) is 0 Å². The van der Waals surface area contributed by atoms with Crippen LogP contribution in [0.1, 0.15) is 161 Å². The molecule has 0 amide bonds. The lowest BCUT2D eigenvalue weighted by Gasteiger charge is -2.45. The predicted molar refractivity (Wildman–Crippen MR) is 459 cm³/mol. The fourth-order valence-corrected chi connectivity index (χ4v) is 20.0. The monoisotopic (exact) mass is 1890 g/mol. The maximum atomic E-state index is 13.8. The number of aliphatic hydroxyl groups is 10. The molecule has 7 heterocycles. The molecule has 0 spiro atoms. The van der Waals surface area contributed by atoms with Gasteiger partial charge >= 0.3 is 0 Å². The Morgan fingerprint density at radius 1 is 0.241 bits per heavy atom. The van der Waals surface area contributed by atoms with Gasteiger partial charge in [0.05, 0.1) is 42.3 Å². The lowest BCUT2D eigenvalue weighted by atomic mass is 9.70. The number of phenols is 23. The Morgan fingerprint density at radius 3 is 0.810 bits per heavy atom. The van der Waals surface area contributed by atoms with E-state index in [0.717, 1.165) is 115 Å². The number of aliphatic hydroxyl groups excluding tert-OH is 10. The normalized spacial score (nSPS) is 26.7. The summed E-state index contributed by atoms with van der Waals surface area (Å²) < 4.78 is 52.1. The highest BCUT2D eigenvalue weighted by molar-refractivity contribution is 5.77. The van der Waals surface area contributed by atoms with Crippen molar-refractivity contribution >= 4 is 0 Å². The molecule has 41 heteroatoms. The molecular weight excluding hydrogens is 1810 g/mol. The Morgan fingerprint density at radius 2 is 0.511 bits per heavy atom. The second kappa shape index (κ2) is 33.4. The van der Waals surface area contributed by atoms with Crippen molar-refractivity contribution in [3.05, 3.63) is 246 Å². The van der Waals surface area contributed by atoms with Gasteiger partial charge in [0.15, 0.2) is 99.5 Å². The summed E-state index contributed by atoms with van der Waals surface area (Å²) in [5.41, 5.74) is -9.43. The second-order valence-corrected chi connectivity index (χ2v) is 34.4. The lowest BCUT2D eigenvalue weighted by molar-refractivity contribution is -0.277. The summed E-state index contributed by atoms with van der Waals surface area (Å²) in [4.78, 5) is 0. The number of fused-ring (bicyclic) bond motifs is 6. The maximum Gasteiger partial charge on any atom is 0.229 e. The van der Waals surface area contributed by atoms with Crippen molar-refractivity contribution < 1.29 is 206 Å². The summed E-state index contributed by atoms with van der Waals surface area (Å²) in [5.74, 6) is -37.6. The Balaban J connectivity index is 0.862. The SMILES string of the molecule is OC[C@H]1OC(Oc2cc3c(c(O)c2C2c4c(O)cc(O)c(C5c6c(O)cc(O)c(C7c8c(O)cc(O)c(C9c%10c(O)cc(O)c(C%11c%12c(O)cc(O)cc%12O[C@H](c%12ccc(O)c(O)c%12)[C@@H]%11O)c%10O[C@H](c%10ccc(O)c(O)c%10)[C@@H]9O)c8O[C@H](c8ccc(O)c(O)c8)[C@@H]7O)c6O[C@H](c6ccc(O)c(O)c6)[C@@H]5O)c4O[C@H](c4ccc(O)c(O)c4)[C@@H]2O)C[C@@H](O)[C@@H](c2ccc(O)c(O)c2)O3)[C@H](O)[C@@H](O)[C@@H]1O. The summed E-state index contributed by atoms with van der Waals surface area (Å²) in [5, 5.41) is 396. The number of benzene rings is 12. The minimum atomic E-state index is -2.49. The largest absolute Gasteiger partial charge is 0.508 e.